The van der Waals surface area contributed by atoms with Gasteiger partial charge in [0.2, 0.25) is 0 Å². The van der Waals surface area contributed by atoms with Gasteiger partial charge in [0, 0.05) is 30.5 Å². The number of hydrogen-bond acceptors (Lipinski definition) is 5. The van der Waals surface area contributed by atoms with Gasteiger partial charge in [0.25, 0.3) is 0 Å². The summed E-state index contributed by atoms with van der Waals surface area (Å²) >= 11 is 0. The molecule has 3 rings (SSSR count). The van der Waals surface area contributed by atoms with Crippen molar-refractivity contribution < 1.29 is 9.90 Å². The van der Waals surface area contributed by atoms with Crippen LogP contribution in [-0.4, -0.2) is 29.4 Å². The van der Waals surface area contributed by atoms with Gasteiger partial charge in [0.05, 0.1) is 11.1 Å². The van der Waals surface area contributed by atoms with Crippen molar-refractivity contribution in [2.75, 3.05) is 13.1 Å². The Balaban J connectivity index is 1.77. The molecule has 1 fully saturated rings. The fourth-order valence-electron chi connectivity index (χ4n) is 3.61. The number of carbonyl (C=O) groups is 1. The number of aldehydes is 1. The number of allylic oxidation sites excluding steroid dienone is 1. The third kappa shape index (κ3) is 3.82. The molecule has 1 aliphatic heterocycles. The van der Waals surface area contributed by atoms with Gasteiger partial charge in [-0.25, -0.2) is 0 Å². The number of phenols is 1. The summed E-state index contributed by atoms with van der Waals surface area (Å²) in [6.07, 6.45) is 5.79. The van der Waals surface area contributed by atoms with Crippen molar-refractivity contribution in [2.24, 2.45) is 11.5 Å². The third-order valence-corrected chi connectivity index (χ3v) is 5.28. The maximum absolute atomic E-state index is 11.9. The molecule has 2 aromatic rings. The van der Waals surface area contributed by atoms with Gasteiger partial charge in [-0.15, -0.1) is 0 Å². The Morgan fingerprint density at radius 3 is 2.26 bits per heavy atom. The highest BCUT2D eigenvalue weighted by Crippen LogP contribution is 2.35. The number of benzene rings is 2. The fraction of sp³-hybridized carbons (Fsp3) is 0.227. The molecular weight excluding hydrogens is 338 g/mol. The Kier molecular flexibility index (Phi) is 5.50. The molecule has 1 saturated heterocycles. The number of phenolic OH excluding ortho intramolecular Hbond substituents is 1. The number of carbonyl (C=O) groups excluding carboxylic acids is 1. The van der Waals surface area contributed by atoms with E-state index in [0.717, 1.165) is 17.5 Å². The summed E-state index contributed by atoms with van der Waals surface area (Å²) in [4.78, 5) is 14.0. The quantitative estimate of drug-likeness (QED) is 0.561. The minimum atomic E-state index is -0.454. The predicted molar refractivity (Wildman–Crippen MR) is 108 cm³/mol. The number of nitrogens with zero attached hydrogens (tertiary/aromatic N) is 1. The van der Waals surface area contributed by atoms with Crippen LogP contribution in [0, 0.1) is 0 Å². The summed E-state index contributed by atoms with van der Waals surface area (Å²) in [5.41, 5.74) is 14.4. The van der Waals surface area contributed by atoms with Crippen molar-refractivity contribution in [3.63, 3.8) is 0 Å². The number of rotatable bonds is 5. The standard InChI is InChI=1S/C22H25N3O2/c23-15-18(14-20(24)19-8-4-5-9-21(19)27)25-12-10-22(16-26,11-13-25)17-6-2-1-3-7-17/h1-9,14-16,27H,10-13,23-24H2/b18-15+,20-14-. The Morgan fingerprint density at radius 1 is 1.04 bits per heavy atom. The Labute approximate surface area is 159 Å². The van der Waals surface area contributed by atoms with E-state index in [1.54, 1.807) is 24.3 Å². The highest BCUT2D eigenvalue weighted by atomic mass is 16.3. The van der Waals surface area contributed by atoms with Gasteiger partial charge in [0.1, 0.15) is 12.0 Å². The van der Waals surface area contributed by atoms with E-state index >= 15 is 0 Å². The second-order valence-electron chi connectivity index (χ2n) is 6.84. The van der Waals surface area contributed by atoms with Gasteiger partial charge < -0.3 is 26.3 Å². The lowest BCUT2D eigenvalue weighted by Crippen LogP contribution is -2.43. The highest BCUT2D eigenvalue weighted by molar-refractivity contribution is 5.70. The number of hydrogen-bond donors (Lipinski definition) is 3. The molecular formula is C22H25N3O2. The summed E-state index contributed by atoms with van der Waals surface area (Å²) in [6.45, 7) is 1.39. The van der Waals surface area contributed by atoms with Gasteiger partial charge in [0.15, 0.2) is 0 Å². The SMILES string of the molecule is N/C=C(\C=C(/N)c1ccccc1O)N1CCC(C=O)(c2ccccc2)CC1. The minimum Gasteiger partial charge on any atom is -0.507 e. The summed E-state index contributed by atoms with van der Waals surface area (Å²) in [7, 11) is 0. The monoisotopic (exact) mass is 363 g/mol. The van der Waals surface area contributed by atoms with Crippen LogP contribution in [0.5, 0.6) is 5.75 Å². The number of piperidine rings is 1. The normalized spacial score (nSPS) is 17.6. The third-order valence-electron chi connectivity index (χ3n) is 5.28. The molecule has 1 heterocycles. The van der Waals surface area contributed by atoms with E-state index in [1.807, 2.05) is 36.4 Å². The second-order valence-corrected chi connectivity index (χ2v) is 6.84. The van der Waals surface area contributed by atoms with Crippen LogP contribution in [0.15, 0.2) is 72.6 Å². The van der Waals surface area contributed by atoms with Gasteiger partial charge >= 0.3 is 0 Å². The van der Waals surface area contributed by atoms with Gasteiger partial charge in [-0.2, -0.15) is 0 Å². The van der Waals surface area contributed by atoms with Crippen LogP contribution >= 0.6 is 0 Å². The molecule has 0 radical (unpaired) electrons. The molecule has 1 aliphatic rings. The van der Waals surface area contributed by atoms with E-state index in [4.69, 9.17) is 11.5 Å². The minimum absolute atomic E-state index is 0.130. The lowest BCUT2D eigenvalue weighted by Gasteiger charge is -2.40. The molecule has 0 amide bonds. The first-order valence-corrected chi connectivity index (χ1v) is 9.04. The maximum atomic E-state index is 11.9. The van der Waals surface area contributed by atoms with Crippen LogP contribution in [-0.2, 0) is 10.2 Å². The van der Waals surface area contributed by atoms with Gasteiger partial charge in [-0.05, 0) is 36.6 Å². The molecule has 0 atom stereocenters. The van der Waals surface area contributed by atoms with Crippen molar-refractivity contribution in [1.82, 2.24) is 4.90 Å². The van der Waals surface area contributed by atoms with Crippen LogP contribution in [0.25, 0.3) is 5.70 Å². The van der Waals surface area contributed by atoms with Crippen molar-refractivity contribution in [3.8, 4) is 5.75 Å². The van der Waals surface area contributed by atoms with Crippen LogP contribution in [0.1, 0.15) is 24.0 Å². The molecule has 5 N–H and O–H groups in total. The molecule has 0 aromatic heterocycles. The van der Waals surface area contributed by atoms with E-state index in [9.17, 15) is 9.90 Å². The molecule has 0 saturated carbocycles. The summed E-state index contributed by atoms with van der Waals surface area (Å²) in [5.74, 6) is 0.130. The second kappa shape index (κ2) is 7.99. The Bertz CT molecular complexity index is 851. The number of nitrogens with two attached hydrogens (primary N) is 2. The molecule has 5 nitrogen and oxygen atoms in total. The van der Waals surface area contributed by atoms with Crippen LogP contribution in [0.4, 0.5) is 0 Å². The van der Waals surface area contributed by atoms with Crippen LogP contribution in [0.3, 0.4) is 0 Å². The Morgan fingerprint density at radius 2 is 1.67 bits per heavy atom. The molecule has 0 aliphatic carbocycles. The first kappa shape index (κ1) is 18.6. The zero-order valence-corrected chi connectivity index (χ0v) is 15.2. The van der Waals surface area contributed by atoms with E-state index in [2.05, 4.69) is 4.90 Å². The van der Waals surface area contributed by atoms with E-state index in [-0.39, 0.29) is 5.75 Å². The maximum Gasteiger partial charge on any atom is 0.130 e. The van der Waals surface area contributed by atoms with Crippen molar-refractivity contribution in [1.29, 1.82) is 0 Å². The molecule has 27 heavy (non-hydrogen) atoms. The van der Waals surface area contributed by atoms with Crippen molar-refractivity contribution in [3.05, 3.63) is 83.7 Å². The van der Waals surface area contributed by atoms with E-state index < -0.39 is 5.41 Å². The first-order chi connectivity index (χ1) is 13.1. The largest absolute Gasteiger partial charge is 0.507 e. The van der Waals surface area contributed by atoms with Gasteiger partial charge in [-0.1, -0.05) is 42.5 Å². The number of aromatic hydroxyl groups is 1. The average Bonchev–Trinajstić information content (AvgIpc) is 2.73. The van der Waals surface area contributed by atoms with Gasteiger partial charge in [-0.3, -0.25) is 0 Å². The van der Waals surface area contributed by atoms with Crippen LogP contribution in [0.2, 0.25) is 0 Å². The van der Waals surface area contributed by atoms with E-state index in [1.165, 1.54) is 6.20 Å². The number of para-hydroxylation sites is 1. The fourth-order valence-corrected chi connectivity index (χ4v) is 3.61. The predicted octanol–water partition coefficient (Wildman–Crippen LogP) is 2.72. The molecule has 0 spiro atoms. The topological polar surface area (TPSA) is 92.6 Å². The first-order valence-electron chi connectivity index (χ1n) is 9.04. The number of likely N-dealkylation sites (tertiary alicyclic amines) is 1. The van der Waals surface area contributed by atoms with Crippen molar-refractivity contribution in [2.45, 2.75) is 18.3 Å². The summed E-state index contributed by atoms with van der Waals surface area (Å²) in [5, 5.41) is 9.98. The van der Waals surface area contributed by atoms with E-state index in [0.29, 0.717) is 37.2 Å². The smallest absolute Gasteiger partial charge is 0.130 e. The zero-order valence-electron chi connectivity index (χ0n) is 15.2. The molecule has 140 valence electrons. The molecule has 2 aromatic carbocycles. The summed E-state index contributed by atoms with van der Waals surface area (Å²) < 4.78 is 0. The van der Waals surface area contributed by atoms with Crippen molar-refractivity contribution >= 4 is 12.0 Å². The van der Waals surface area contributed by atoms with Crippen LogP contribution < -0.4 is 11.5 Å². The lowest BCUT2D eigenvalue weighted by molar-refractivity contribution is -0.114. The molecule has 0 bridgehead atoms. The lowest BCUT2D eigenvalue weighted by atomic mass is 9.74. The average molecular weight is 363 g/mol. The molecule has 0 unspecified atom stereocenters. The zero-order chi connectivity index (χ0) is 19.3. The summed E-state index contributed by atoms with van der Waals surface area (Å²) in [6, 6.07) is 16.8. The molecule has 5 heteroatoms. The Hall–Kier alpha value is -3.21. The highest BCUT2D eigenvalue weighted by Gasteiger charge is 2.36.